The summed E-state index contributed by atoms with van der Waals surface area (Å²) < 4.78 is 4.94. The van der Waals surface area contributed by atoms with E-state index in [4.69, 9.17) is 4.74 Å². The van der Waals surface area contributed by atoms with Gasteiger partial charge in [-0.1, -0.05) is 25.7 Å². The molecule has 62 valence electrons. The van der Waals surface area contributed by atoms with Crippen molar-refractivity contribution in [2.45, 2.75) is 26.1 Å². The predicted octanol–water partition coefficient (Wildman–Crippen LogP) is 1.74. The minimum Gasteiger partial charge on any atom is -0.462 e. The number of cyclic esters (lactones) is 1. The van der Waals surface area contributed by atoms with Crippen molar-refractivity contribution in [2.24, 2.45) is 0 Å². The summed E-state index contributed by atoms with van der Waals surface area (Å²) in [5.74, 6) is -0.0876. The largest absolute Gasteiger partial charge is 0.462 e. The van der Waals surface area contributed by atoms with Crippen LogP contribution in [-0.4, -0.2) is 20.7 Å². The normalized spacial score (nSPS) is 19.2. The fraction of sp³-hybridized carbons (Fsp3) is 0.625. The highest BCUT2D eigenvalue weighted by molar-refractivity contribution is 6.87. The molecule has 0 amide bonds. The quantitative estimate of drug-likeness (QED) is 0.442. The fourth-order valence-corrected chi connectivity index (χ4v) is 2.57. The maximum atomic E-state index is 11.2. The van der Waals surface area contributed by atoms with Gasteiger partial charge in [0.05, 0.1) is 14.7 Å². The van der Waals surface area contributed by atoms with Crippen molar-refractivity contribution in [3.8, 4) is 0 Å². The van der Waals surface area contributed by atoms with Gasteiger partial charge in [0.15, 0.2) is 0 Å². The zero-order valence-electron chi connectivity index (χ0n) is 7.31. The summed E-state index contributed by atoms with van der Waals surface area (Å²) in [7, 11) is -1.43. The van der Waals surface area contributed by atoms with Crippen molar-refractivity contribution < 1.29 is 9.53 Å². The molecule has 0 N–H and O–H groups in total. The Morgan fingerprint density at radius 3 is 2.45 bits per heavy atom. The molecule has 2 nitrogen and oxygen atoms in total. The molecular weight excluding hydrogens is 156 g/mol. The summed E-state index contributed by atoms with van der Waals surface area (Å²) in [6.07, 6.45) is 2.93. The Hall–Kier alpha value is -0.573. The zero-order chi connectivity index (χ0) is 8.48. The second-order valence-corrected chi connectivity index (χ2v) is 8.83. The Morgan fingerprint density at radius 1 is 1.45 bits per heavy atom. The second kappa shape index (κ2) is 2.81. The number of hydrogen-bond donors (Lipinski definition) is 0. The van der Waals surface area contributed by atoms with Crippen LogP contribution < -0.4 is 0 Å². The lowest BCUT2D eigenvalue weighted by Gasteiger charge is -2.22. The van der Waals surface area contributed by atoms with E-state index in [1.54, 1.807) is 0 Å². The number of carbonyl (C=O) groups is 1. The number of ether oxygens (including phenoxy) is 1. The highest BCUT2D eigenvalue weighted by Gasteiger charge is 2.28. The molecule has 0 saturated carbocycles. The summed E-state index contributed by atoms with van der Waals surface area (Å²) in [5.41, 5.74) is 0. The van der Waals surface area contributed by atoms with E-state index in [1.165, 1.54) is 0 Å². The summed E-state index contributed by atoms with van der Waals surface area (Å²) in [6.45, 7) is 7.04. The minimum absolute atomic E-state index is 0.0876. The standard InChI is InChI=1S/C8H14O2Si/c1-11(2,3)7-5-4-6-10-8(7)9/h5H,4,6H2,1-3H3. The Morgan fingerprint density at radius 2 is 2.09 bits per heavy atom. The van der Waals surface area contributed by atoms with Crippen LogP contribution in [0.1, 0.15) is 6.42 Å². The van der Waals surface area contributed by atoms with Crippen LogP contribution >= 0.6 is 0 Å². The first-order chi connectivity index (χ1) is 5.02. The lowest BCUT2D eigenvalue weighted by molar-refractivity contribution is -0.139. The summed E-state index contributed by atoms with van der Waals surface area (Å²) in [6, 6.07) is 0. The zero-order valence-corrected chi connectivity index (χ0v) is 8.31. The van der Waals surface area contributed by atoms with E-state index in [0.29, 0.717) is 6.61 Å². The molecular formula is C8H14O2Si. The first kappa shape index (κ1) is 8.52. The molecule has 0 aromatic carbocycles. The Balaban J connectivity index is 2.85. The summed E-state index contributed by atoms with van der Waals surface area (Å²) in [4.78, 5) is 11.2. The van der Waals surface area contributed by atoms with E-state index in [0.717, 1.165) is 11.6 Å². The lowest BCUT2D eigenvalue weighted by Crippen LogP contribution is -2.32. The van der Waals surface area contributed by atoms with E-state index in [-0.39, 0.29) is 5.97 Å². The molecule has 0 aromatic rings. The third kappa shape index (κ3) is 1.93. The molecule has 0 unspecified atom stereocenters. The maximum absolute atomic E-state index is 11.2. The van der Waals surface area contributed by atoms with Gasteiger partial charge in [-0.2, -0.15) is 0 Å². The van der Waals surface area contributed by atoms with Gasteiger partial charge in [0.2, 0.25) is 0 Å². The van der Waals surface area contributed by atoms with Crippen LogP contribution in [0.4, 0.5) is 0 Å². The molecule has 1 heterocycles. The van der Waals surface area contributed by atoms with Gasteiger partial charge in [-0.25, -0.2) is 4.79 Å². The van der Waals surface area contributed by atoms with Crippen LogP contribution in [0.5, 0.6) is 0 Å². The smallest absolute Gasteiger partial charge is 0.329 e. The van der Waals surface area contributed by atoms with Crippen LogP contribution in [0, 0.1) is 0 Å². The Kier molecular flexibility index (Phi) is 2.18. The van der Waals surface area contributed by atoms with Gasteiger partial charge in [-0.05, 0) is 0 Å². The number of esters is 1. The molecule has 1 rings (SSSR count). The minimum atomic E-state index is -1.43. The second-order valence-electron chi connectivity index (χ2n) is 3.79. The number of carbonyl (C=O) groups excluding carboxylic acids is 1. The highest BCUT2D eigenvalue weighted by atomic mass is 28.3. The molecule has 1 aliphatic rings. The third-order valence-corrected chi connectivity index (χ3v) is 3.75. The first-order valence-corrected chi connectivity index (χ1v) is 7.39. The first-order valence-electron chi connectivity index (χ1n) is 3.89. The van der Waals surface area contributed by atoms with Crippen molar-refractivity contribution in [1.82, 2.24) is 0 Å². The molecule has 3 heteroatoms. The van der Waals surface area contributed by atoms with Crippen LogP contribution in [0.25, 0.3) is 0 Å². The van der Waals surface area contributed by atoms with Crippen molar-refractivity contribution in [1.29, 1.82) is 0 Å². The van der Waals surface area contributed by atoms with Crippen LogP contribution in [0.2, 0.25) is 19.6 Å². The number of rotatable bonds is 1. The molecule has 11 heavy (non-hydrogen) atoms. The van der Waals surface area contributed by atoms with Crippen molar-refractivity contribution in [2.75, 3.05) is 6.61 Å². The molecule has 0 spiro atoms. The lowest BCUT2D eigenvalue weighted by atomic mass is 10.3. The van der Waals surface area contributed by atoms with Gasteiger partial charge in [-0.15, -0.1) is 0 Å². The van der Waals surface area contributed by atoms with E-state index in [9.17, 15) is 4.79 Å². The van der Waals surface area contributed by atoms with Crippen LogP contribution in [-0.2, 0) is 9.53 Å². The van der Waals surface area contributed by atoms with Crippen LogP contribution in [0.3, 0.4) is 0 Å². The maximum Gasteiger partial charge on any atom is 0.329 e. The molecule has 0 fully saturated rings. The van der Waals surface area contributed by atoms with E-state index in [1.807, 2.05) is 6.08 Å². The highest BCUT2D eigenvalue weighted by Crippen LogP contribution is 2.19. The number of hydrogen-bond acceptors (Lipinski definition) is 2. The van der Waals surface area contributed by atoms with Gasteiger partial charge in [0.25, 0.3) is 0 Å². The Bertz CT molecular complexity index is 201. The van der Waals surface area contributed by atoms with E-state index >= 15 is 0 Å². The fourth-order valence-electron chi connectivity index (χ4n) is 1.13. The van der Waals surface area contributed by atoms with Gasteiger partial charge >= 0.3 is 5.97 Å². The molecule has 0 aliphatic carbocycles. The van der Waals surface area contributed by atoms with E-state index in [2.05, 4.69) is 19.6 Å². The average molecular weight is 170 g/mol. The Labute approximate surface area is 68.3 Å². The van der Waals surface area contributed by atoms with Crippen molar-refractivity contribution in [3.05, 3.63) is 11.3 Å². The topological polar surface area (TPSA) is 26.3 Å². The molecule has 0 aromatic heterocycles. The summed E-state index contributed by atoms with van der Waals surface area (Å²) in [5, 5.41) is 0.948. The summed E-state index contributed by atoms with van der Waals surface area (Å²) >= 11 is 0. The molecule has 1 aliphatic heterocycles. The monoisotopic (exact) mass is 170 g/mol. The van der Waals surface area contributed by atoms with Gasteiger partial charge < -0.3 is 4.74 Å². The third-order valence-electron chi connectivity index (χ3n) is 1.73. The van der Waals surface area contributed by atoms with Crippen molar-refractivity contribution >= 4 is 14.0 Å². The molecule has 0 radical (unpaired) electrons. The van der Waals surface area contributed by atoms with Gasteiger partial charge in [-0.3, -0.25) is 0 Å². The van der Waals surface area contributed by atoms with Gasteiger partial charge in [0.1, 0.15) is 0 Å². The molecule has 0 saturated heterocycles. The van der Waals surface area contributed by atoms with Crippen molar-refractivity contribution in [3.63, 3.8) is 0 Å². The van der Waals surface area contributed by atoms with E-state index < -0.39 is 8.07 Å². The molecule has 0 bridgehead atoms. The SMILES string of the molecule is C[Si](C)(C)C1=CCCOC1=O. The predicted molar refractivity (Wildman–Crippen MR) is 47.0 cm³/mol. The average Bonchev–Trinajstić information content (AvgIpc) is 1.86. The van der Waals surface area contributed by atoms with Crippen LogP contribution in [0.15, 0.2) is 11.3 Å². The molecule has 0 atom stereocenters. The van der Waals surface area contributed by atoms with Gasteiger partial charge in [0, 0.05) is 11.6 Å².